The molecule has 4 aliphatic rings. The average Bonchev–Trinajstić information content (AvgIpc) is 3.35. The quantitative estimate of drug-likeness (QED) is 0.317. The number of H-pyrrole nitrogens is 1. The highest BCUT2D eigenvalue weighted by molar-refractivity contribution is 6.05. The van der Waals surface area contributed by atoms with Gasteiger partial charge in [-0.2, -0.15) is 0 Å². The van der Waals surface area contributed by atoms with E-state index in [2.05, 4.69) is 30.9 Å². The van der Waals surface area contributed by atoms with Crippen LogP contribution in [0.2, 0.25) is 0 Å². The molecule has 1 aromatic carbocycles. The van der Waals surface area contributed by atoms with Crippen LogP contribution in [0.25, 0.3) is 11.0 Å². The number of fused-ring (bicyclic) bond motifs is 5. The SMILES string of the molecule is CC(Nc1c[nH]c2c(C(=O)NCC34CCC(C(=O)O)(CC3)CC4)ncnc12)c1ccc2c(c1)NC(=O)CO2. The van der Waals surface area contributed by atoms with Crippen molar-refractivity contribution in [2.45, 2.75) is 51.5 Å². The van der Waals surface area contributed by atoms with E-state index in [-0.39, 0.29) is 35.6 Å². The van der Waals surface area contributed by atoms with Crippen LogP contribution in [-0.4, -0.2) is 51.0 Å². The van der Waals surface area contributed by atoms with Crippen LogP contribution in [0.5, 0.6) is 5.75 Å². The normalized spacial score (nSPS) is 24.7. The number of nitrogens with one attached hydrogen (secondary N) is 4. The number of hydrogen-bond acceptors (Lipinski definition) is 7. The molecule has 11 heteroatoms. The lowest BCUT2D eigenvalue weighted by Crippen LogP contribution is -2.50. The van der Waals surface area contributed by atoms with E-state index < -0.39 is 11.4 Å². The Kier molecular flexibility index (Phi) is 5.73. The highest BCUT2D eigenvalue weighted by Crippen LogP contribution is 2.56. The summed E-state index contributed by atoms with van der Waals surface area (Å²) in [5.41, 5.74) is 3.11. The molecule has 2 amide bonds. The smallest absolute Gasteiger partial charge is 0.309 e. The Labute approximate surface area is 218 Å². The fraction of sp³-hybridized carbons (Fsp3) is 0.444. The molecule has 3 aliphatic carbocycles. The molecule has 3 heterocycles. The number of carboxylic acids is 1. The second-order valence-electron chi connectivity index (χ2n) is 10.9. The third-order valence-electron chi connectivity index (χ3n) is 8.67. The van der Waals surface area contributed by atoms with Gasteiger partial charge < -0.3 is 30.8 Å². The summed E-state index contributed by atoms with van der Waals surface area (Å²) < 4.78 is 5.44. The number of nitrogens with zero attached hydrogens (tertiary/aromatic N) is 2. The van der Waals surface area contributed by atoms with Gasteiger partial charge in [-0.15, -0.1) is 0 Å². The van der Waals surface area contributed by atoms with Crippen LogP contribution in [0.1, 0.15) is 67.5 Å². The molecule has 0 radical (unpaired) electrons. The summed E-state index contributed by atoms with van der Waals surface area (Å²) in [6, 6.07) is 5.53. The molecule has 1 atom stereocenters. The second kappa shape index (κ2) is 9.00. The number of amides is 2. The summed E-state index contributed by atoms with van der Waals surface area (Å²) in [5, 5.41) is 18.9. The molecule has 7 rings (SSSR count). The number of benzene rings is 1. The van der Waals surface area contributed by atoms with Crippen molar-refractivity contribution in [1.29, 1.82) is 0 Å². The first kappa shape index (κ1) is 24.2. The Morgan fingerprint density at radius 3 is 2.66 bits per heavy atom. The molecule has 38 heavy (non-hydrogen) atoms. The van der Waals surface area contributed by atoms with Crippen LogP contribution < -0.4 is 20.7 Å². The molecule has 3 saturated carbocycles. The highest BCUT2D eigenvalue weighted by atomic mass is 16.5. The Morgan fingerprint density at radius 1 is 1.16 bits per heavy atom. The predicted molar refractivity (Wildman–Crippen MR) is 139 cm³/mol. The molecule has 1 aliphatic heterocycles. The molecular formula is C27H30N6O5. The Hall–Kier alpha value is -4.15. The summed E-state index contributed by atoms with van der Waals surface area (Å²) in [6.07, 6.45) is 7.59. The van der Waals surface area contributed by atoms with Gasteiger partial charge in [-0.3, -0.25) is 14.4 Å². The van der Waals surface area contributed by atoms with Crippen LogP contribution >= 0.6 is 0 Å². The van der Waals surface area contributed by atoms with E-state index >= 15 is 0 Å². The van der Waals surface area contributed by atoms with Crippen molar-refractivity contribution in [3.63, 3.8) is 0 Å². The fourth-order valence-corrected chi connectivity index (χ4v) is 6.11. The van der Waals surface area contributed by atoms with Gasteiger partial charge in [0.05, 0.1) is 22.3 Å². The molecule has 2 aromatic heterocycles. The first-order chi connectivity index (χ1) is 18.3. The average molecular weight is 519 g/mol. The minimum absolute atomic E-state index is 0.0114. The van der Waals surface area contributed by atoms with Gasteiger partial charge in [-0.1, -0.05) is 6.07 Å². The number of anilines is 2. The maximum atomic E-state index is 13.2. The molecule has 2 bridgehead atoms. The number of carbonyl (C=O) groups is 3. The molecule has 3 aromatic rings. The summed E-state index contributed by atoms with van der Waals surface area (Å²) in [6.45, 7) is 2.51. The number of aromatic amines is 1. The number of ether oxygens (including phenoxy) is 1. The van der Waals surface area contributed by atoms with Gasteiger partial charge in [0, 0.05) is 18.8 Å². The van der Waals surface area contributed by atoms with Gasteiger partial charge in [0.25, 0.3) is 11.8 Å². The number of carbonyl (C=O) groups excluding carboxylic acids is 2. The monoisotopic (exact) mass is 518 g/mol. The summed E-state index contributed by atoms with van der Waals surface area (Å²) >= 11 is 0. The number of hydrogen-bond donors (Lipinski definition) is 5. The largest absolute Gasteiger partial charge is 0.482 e. The Bertz CT molecular complexity index is 1420. The van der Waals surface area contributed by atoms with E-state index in [1.54, 1.807) is 6.20 Å². The topological polar surface area (TPSA) is 158 Å². The van der Waals surface area contributed by atoms with E-state index in [0.717, 1.165) is 30.5 Å². The maximum Gasteiger partial charge on any atom is 0.309 e. The zero-order valence-electron chi connectivity index (χ0n) is 21.1. The lowest BCUT2D eigenvalue weighted by Gasteiger charge is -2.51. The highest BCUT2D eigenvalue weighted by Gasteiger charge is 2.52. The molecular weight excluding hydrogens is 488 g/mol. The first-order valence-electron chi connectivity index (χ1n) is 12.9. The van der Waals surface area contributed by atoms with Crippen molar-refractivity contribution in [2.75, 3.05) is 23.8 Å². The van der Waals surface area contributed by atoms with Crippen molar-refractivity contribution in [3.8, 4) is 5.75 Å². The molecule has 11 nitrogen and oxygen atoms in total. The Balaban J connectivity index is 1.15. The van der Waals surface area contributed by atoms with E-state index in [1.807, 2.05) is 25.1 Å². The molecule has 0 spiro atoms. The van der Waals surface area contributed by atoms with Gasteiger partial charge in [0.1, 0.15) is 17.6 Å². The zero-order valence-corrected chi connectivity index (χ0v) is 21.1. The first-order valence-corrected chi connectivity index (χ1v) is 12.9. The molecule has 5 N–H and O–H groups in total. The minimum Gasteiger partial charge on any atom is -0.482 e. The Morgan fingerprint density at radius 2 is 1.92 bits per heavy atom. The maximum absolute atomic E-state index is 13.2. The minimum atomic E-state index is -0.684. The van der Waals surface area contributed by atoms with Gasteiger partial charge in [0.2, 0.25) is 0 Å². The molecule has 1 unspecified atom stereocenters. The van der Waals surface area contributed by atoms with Gasteiger partial charge in [-0.05, 0) is 68.6 Å². The predicted octanol–water partition coefficient (Wildman–Crippen LogP) is 3.62. The van der Waals surface area contributed by atoms with Gasteiger partial charge in [0.15, 0.2) is 12.3 Å². The number of aromatic nitrogens is 3. The van der Waals surface area contributed by atoms with E-state index in [1.165, 1.54) is 6.33 Å². The third kappa shape index (κ3) is 4.11. The lowest BCUT2D eigenvalue weighted by molar-refractivity contribution is -0.158. The van der Waals surface area contributed by atoms with Crippen molar-refractivity contribution < 1.29 is 24.2 Å². The fourth-order valence-electron chi connectivity index (χ4n) is 6.11. The van der Waals surface area contributed by atoms with Crippen molar-refractivity contribution in [3.05, 3.63) is 42.0 Å². The summed E-state index contributed by atoms with van der Waals surface area (Å²) in [7, 11) is 0. The number of carboxylic acid groups (broad SMARTS) is 1. The third-order valence-corrected chi connectivity index (χ3v) is 8.67. The van der Waals surface area contributed by atoms with Gasteiger partial charge in [-0.25, -0.2) is 9.97 Å². The van der Waals surface area contributed by atoms with Gasteiger partial charge >= 0.3 is 5.97 Å². The van der Waals surface area contributed by atoms with Crippen LogP contribution in [-0.2, 0) is 9.59 Å². The summed E-state index contributed by atoms with van der Waals surface area (Å²) in [4.78, 5) is 48.4. The molecule has 198 valence electrons. The van der Waals surface area contributed by atoms with Crippen LogP contribution in [0, 0.1) is 10.8 Å². The number of rotatable bonds is 7. The van der Waals surface area contributed by atoms with Crippen molar-refractivity contribution in [1.82, 2.24) is 20.3 Å². The lowest BCUT2D eigenvalue weighted by atomic mass is 9.53. The van der Waals surface area contributed by atoms with Crippen LogP contribution in [0.15, 0.2) is 30.7 Å². The van der Waals surface area contributed by atoms with Crippen LogP contribution in [0.4, 0.5) is 11.4 Å². The van der Waals surface area contributed by atoms with Crippen LogP contribution in [0.3, 0.4) is 0 Å². The van der Waals surface area contributed by atoms with Crippen molar-refractivity contribution >= 4 is 40.2 Å². The standard InChI is InChI=1S/C27H30N6O5/c1-15(16-2-3-19-17(10-16)33-20(34)12-38-19)32-18-11-28-22-21(18)30-14-31-23(22)24(35)29-13-26-4-7-27(8-5-26,9-6-26)25(36)37/h2-3,10-11,14-15,28,32H,4-9,12-13H2,1H3,(H,29,35)(H,33,34)(H,36,37). The van der Waals surface area contributed by atoms with Crippen molar-refractivity contribution in [2.24, 2.45) is 10.8 Å². The van der Waals surface area contributed by atoms with E-state index in [0.29, 0.717) is 48.3 Å². The summed E-state index contributed by atoms with van der Waals surface area (Å²) in [5.74, 6) is -0.511. The number of aliphatic carboxylic acids is 1. The zero-order chi connectivity index (χ0) is 26.5. The molecule has 0 saturated heterocycles. The van der Waals surface area contributed by atoms with E-state index in [9.17, 15) is 19.5 Å². The van der Waals surface area contributed by atoms with E-state index in [4.69, 9.17) is 4.74 Å². The second-order valence-corrected chi connectivity index (χ2v) is 10.9. The molecule has 3 fully saturated rings.